The predicted octanol–water partition coefficient (Wildman–Crippen LogP) is 2.14. The van der Waals surface area contributed by atoms with Gasteiger partial charge in [0.05, 0.1) is 18.3 Å². The number of carbonyl (C=O) groups excluding carboxylic acids is 1. The second-order valence-electron chi connectivity index (χ2n) is 7.35. The number of nitrogens with one attached hydrogen (secondary N) is 1. The van der Waals surface area contributed by atoms with E-state index >= 15 is 0 Å². The largest absolute Gasteiger partial charge is 0.376 e. The molecule has 1 atom stereocenters. The molecule has 1 amide bonds. The Morgan fingerprint density at radius 1 is 1.22 bits per heavy atom. The highest BCUT2D eigenvalue weighted by Crippen LogP contribution is 2.15. The van der Waals surface area contributed by atoms with E-state index in [4.69, 9.17) is 16.3 Å². The van der Waals surface area contributed by atoms with Gasteiger partial charge in [-0.15, -0.1) is 0 Å². The van der Waals surface area contributed by atoms with E-state index in [-0.39, 0.29) is 24.9 Å². The molecule has 0 spiro atoms. The van der Waals surface area contributed by atoms with Crippen molar-refractivity contribution in [3.8, 4) is 5.69 Å². The van der Waals surface area contributed by atoms with Crippen LogP contribution < -0.4 is 16.6 Å². The Hall–Kier alpha value is -3.30. The monoisotopic (exact) mass is 458 g/mol. The van der Waals surface area contributed by atoms with Gasteiger partial charge in [0.2, 0.25) is 5.69 Å². The first-order valence-electron chi connectivity index (χ1n) is 10.1. The fourth-order valence-corrected chi connectivity index (χ4v) is 3.66. The van der Waals surface area contributed by atoms with Crippen molar-refractivity contribution in [3.05, 3.63) is 91.5 Å². The molecule has 1 saturated heterocycles. The summed E-state index contributed by atoms with van der Waals surface area (Å²) in [5, 5.41) is 6.97. The lowest BCUT2D eigenvalue weighted by atomic mass is 10.2. The summed E-state index contributed by atoms with van der Waals surface area (Å²) in [6.07, 6.45) is 1.56. The standard InChI is InChI=1S/C22H20ClFN4O4/c23-18-9-2-1-5-14(18)13-27-21(30)19(20(29)25-12-17-8-4-10-32-17)26-28(22(27)31)16-7-3-6-15(24)11-16/h1-3,5-7,9,11,17H,4,8,10,12-13H2,(H,25,29)/t17-/m0/s1. The van der Waals surface area contributed by atoms with Gasteiger partial charge >= 0.3 is 5.69 Å². The lowest BCUT2D eigenvalue weighted by molar-refractivity contribution is 0.0849. The smallest absolute Gasteiger partial charge is 0.352 e. The number of halogens is 2. The van der Waals surface area contributed by atoms with Crippen molar-refractivity contribution in [1.82, 2.24) is 19.7 Å². The van der Waals surface area contributed by atoms with E-state index in [1.54, 1.807) is 24.3 Å². The summed E-state index contributed by atoms with van der Waals surface area (Å²) in [4.78, 5) is 39.0. The normalized spacial score (nSPS) is 15.6. The van der Waals surface area contributed by atoms with Gasteiger partial charge in [0.15, 0.2) is 0 Å². The summed E-state index contributed by atoms with van der Waals surface area (Å²) < 4.78 is 21.0. The van der Waals surface area contributed by atoms with E-state index in [0.29, 0.717) is 17.2 Å². The summed E-state index contributed by atoms with van der Waals surface area (Å²) in [5.41, 5.74) is -1.59. The molecule has 1 aliphatic rings. The zero-order valence-electron chi connectivity index (χ0n) is 17.0. The molecule has 1 aliphatic heterocycles. The molecule has 10 heteroatoms. The fourth-order valence-electron chi connectivity index (χ4n) is 3.47. The minimum absolute atomic E-state index is 0.0797. The first-order chi connectivity index (χ1) is 15.4. The summed E-state index contributed by atoms with van der Waals surface area (Å²) >= 11 is 6.20. The summed E-state index contributed by atoms with van der Waals surface area (Å²) in [7, 11) is 0. The number of benzene rings is 2. The maximum absolute atomic E-state index is 13.8. The molecule has 2 aromatic carbocycles. The van der Waals surface area contributed by atoms with Crippen LogP contribution in [0.4, 0.5) is 4.39 Å². The first-order valence-corrected chi connectivity index (χ1v) is 10.4. The van der Waals surface area contributed by atoms with E-state index in [2.05, 4.69) is 10.4 Å². The van der Waals surface area contributed by atoms with Gasteiger partial charge in [-0.25, -0.2) is 9.18 Å². The average molecular weight is 459 g/mol. The average Bonchev–Trinajstić information content (AvgIpc) is 3.30. The number of aromatic nitrogens is 3. The highest BCUT2D eigenvalue weighted by molar-refractivity contribution is 6.31. The molecule has 2 heterocycles. The van der Waals surface area contributed by atoms with Gasteiger partial charge in [-0.3, -0.25) is 14.2 Å². The number of nitrogens with zero attached hydrogens (tertiary/aromatic N) is 3. The Morgan fingerprint density at radius 3 is 2.75 bits per heavy atom. The van der Waals surface area contributed by atoms with E-state index in [1.807, 2.05) is 0 Å². The van der Waals surface area contributed by atoms with Crippen molar-refractivity contribution in [2.45, 2.75) is 25.5 Å². The predicted molar refractivity (Wildman–Crippen MR) is 116 cm³/mol. The molecule has 1 aromatic heterocycles. The van der Waals surface area contributed by atoms with E-state index in [9.17, 15) is 18.8 Å². The van der Waals surface area contributed by atoms with Gasteiger partial charge in [0.1, 0.15) is 5.82 Å². The summed E-state index contributed by atoms with van der Waals surface area (Å²) in [6, 6.07) is 11.9. The number of amides is 1. The van der Waals surface area contributed by atoms with Crippen LogP contribution in [0.25, 0.3) is 5.69 Å². The molecule has 0 bridgehead atoms. The van der Waals surface area contributed by atoms with Crippen LogP contribution in [-0.2, 0) is 11.3 Å². The molecule has 1 N–H and O–H groups in total. The van der Waals surface area contributed by atoms with E-state index in [1.165, 1.54) is 18.2 Å². The van der Waals surface area contributed by atoms with Crippen molar-refractivity contribution in [2.24, 2.45) is 0 Å². The van der Waals surface area contributed by atoms with Crippen molar-refractivity contribution in [1.29, 1.82) is 0 Å². The van der Waals surface area contributed by atoms with Crippen LogP contribution in [-0.4, -0.2) is 39.5 Å². The Morgan fingerprint density at radius 2 is 2.03 bits per heavy atom. The Bertz CT molecular complexity index is 1270. The molecule has 3 aromatic rings. The Balaban J connectivity index is 1.79. The number of hydrogen-bond donors (Lipinski definition) is 1. The maximum atomic E-state index is 13.8. The third-order valence-corrected chi connectivity index (χ3v) is 5.50. The van der Waals surface area contributed by atoms with Crippen LogP contribution in [0.2, 0.25) is 5.02 Å². The minimum Gasteiger partial charge on any atom is -0.376 e. The minimum atomic E-state index is -0.868. The van der Waals surface area contributed by atoms with Gasteiger partial charge in [-0.05, 0) is 42.7 Å². The van der Waals surface area contributed by atoms with Gasteiger partial charge in [0.25, 0.3) is 11.5 Å². The summed E-state index contributed by atoms with van der Waals surface area (Å²) in [5.74, 6) is -1.34. The molecular weight excluding hydrogens is 439 g/mol. The molecule has 0 saturated carbocycles. The zero-order chi connectivity index (χ0) is 22.7. The molecule has 32 heavy (non-hydrogen) atoms. The lowest BCUT2D eigenvalue weighted by Crippen LogP contribution is -2.46. The lowest BCUT2D eigenvalue weighted by Gasteiger charge is -2.14. The van der Waals surface area contributed by atoms with Crippen molar-refractivity contribution >= 4 is 17.5 Å². The van der Waals surface area contributed by atoms with Crippen LogP contribution in [0.3, 0.4) is 0 Å². The quantitative estimate of drug-likeness (QED) is 0.610. The molecule has 0 unspecified atom stereocenters. The van der Waals surface area contributed by atoms with Crippen molar-refractivity contribution in [2.75, 3.05) is 13.2 Å². The number of rotatable bonds is 6. The molecule has 4 rings (SSSR count). The van der Waals surface area contributed by atoms with Crippen molar-refractivity contribution in [3.63, 3.8) is 0 Å². The van der Waals surface area contributed by atoms with Gasteiger partial charge in [-0.2, -0.15) is 9.78 Å². The summed E-state index contributed by atoms with van der Waals surface area (Å²) in [6.45, 7) is 0.651. The third kappa shape index (κ3) is 4.63. The molecule has 166 valence electrons. The Kier molecular flexibility index (Phi) is 6.48. The highest BCUT2D eigenvalue weighted by atomic mass is 35.5. The SMILES string of the molecule is O=C(NC[C@@H]1CCCO1)c1nn(-c2cccc(F)c2)c(=O)n(Cc2ccccc2Cl)c1=O. The second kappa shape index (κ2) is 9.46. The fraction of sp³-hybridized carbons (Fsp3) is 0.273. The second-order valence-corrected chi connectivity index (χ2v) is 7.76. The van der Waals surface area contributed by atoms with Crippen LogP contribution in [0.5, 0.6) is 0 Å². The third-order valence-electron chi connectivity index (χ3n) is 5.13. The molecule has 8 nitrogen and oxygen atoms in total. The molecule has 0 aliphatic carbocycles. The van der Waals surface area contributed by atoms with E-state index in [0.717, 1.165) is 28.2 Å². The Labute approximate surface area is 187 Å². The van der Waals surface area contributed by atoms with Crippen LogP contribution in [0.1, 0.15) is 28.9 Å². The first kappa shape index (κ1) is 21.9. The molecular formula is C22H20ClFN4O4. The van der Waals surface area contributed by atoms with Gasteiger partial charge in [-0.1, -0.05) is 35.9 Å². The van der Waals surface area contributed by atoms with Crippen molar-refractivity contribution < 1.29 is 13.9 Å². The number of hydrogen-bond acceptors (Lipinski definition) is 5. The van der Waals surface area contributed by atoms with Crippen LogP contribution >= 0.6 is 11.6 Å². The van der Waals surface area contributed by atoms with Crippen LogP contribution in [0.15, 0.2) is 58.1 Å². The highest BCUT2D eigenvalue weighted by Gasteiger charge is 2.23. The van der Waals surface area contributed by atoms with E-state index < -0.39 is 28.7 Å². The topological polar surface area (TPSA) is 95.2 Å². The van der Waals surface area contributed by atoms with Crippen LogP contribution in [0, 0.1) is 5.82 Å². The number of carbonyl (C=O) groups is 1. The molecule has 1 fully saturated rings. The maximum Gasteiger partial charge on any atom is 0.352 e. The van der Waals surface area contributed by atoms with Gasteiger partial charge in [0, 0.05) is 18.2 Å². The zero-order valence-corrected chi connectivity index (χ0v) is 17.7. The number of ether oxygens (including phenoxy) is 1. The van der Waals surface area contributed by atoms with Gasteiger partial charge < -0.3 is 10.1 Å². The molecule has 0 radical (unpaired) electrons.